The van der Waals surface area contributed by atoms with Gasteiger partial charge in [-0.15, -0.1) is 0 Å². The first kappa shape index (κ1) is 20.2. The monoisotopic (exact) mass is 448 g/mol. The number of nitrogens with zero attached hydrogens (tertiary/aromatic N) is 4. The Kier molecular flexibility index (Phi) is 4.50. The number of benzene rings is 2. The van der Waals surface area contributed by atoms with Crippen molar-refractivity contribution in [1.29, 1.82) is 0 Å². The summed E-state index contributed by atoms with van der Waals surface area (Å²) in [6.07, 6.45) is 3.01. The molecule has 0 saturated carbocycles. The molecule has 32 heavy (non-hydrogen) atoms. The Morgan fingerprint density at radius 2 is 1.59 bits per heavy atom. The molecule has 4 N–H and O–H groups in total. The number of aryl methyl sites for hydroxylation is 1. The molecule has 0 aliphatic heterocycles. The number of hydrogen-bond acceptors (Lipinski definition) is 5. The number of aromatic nitrogens is 4. The summed E-state index contributed by atoms with van der Waals surface area (Å²) in [5.41, 5.74) is 11.8. The molecule has 0 atom stereocenters. The first-order valence-electron chi connectivity index (χ1n) is 9.93. The van der Waals surface area contributed by atoms with Crippen LogP contribution in [-0.2, 0) is 22.9 Å². The van der Waals surface area contributed by atoms with Crippen LogP contribution in [0.25, 0.3) is 22.6 Å². The van der Waals surface area contributed by atoms with Gasteiger partial charge in [-0.3, -0.25) is 4.79 Å². The second-order valence-corrected chi connectivity index (χ2v) is 9.30. The maximum Gasteiger partial charge on any atom is 0.269 e. The Morgan fingerprint density at radius 1 is 0.969 bits per heavy atom. The average Bonchev–Trinajstić information content (AvgIpc) is 3.35. The van der Waals surface area contributed by atoms with Crippen molar-refractivity contribution < 1.29 is 13.2 Å². The quantitative estimate of drug-likeness (QED) is 0.491. The zero-order valence-electron chi connectivity index (χ0n) is 17.2. The van der Waals surface area contributed by atoms with Crippen molar-refractivity contribution in [2.45, 2.75) is 24.7 Å². The third kappa shape index (κ3) is 3.20. The van der Waals surface area contributed by atoms with Crippen molar-refractivity contribution >= 4 is 15.9 Å². The standard InChI is InChI=1S/C22H20N6O3S/c1-13-2-4-14(5-3-13)27-19-11-10-17-20(22(23)29)26-28(21(17)18(19)12-25-27)15-6-8-16(9-7-15)32(24,30)31/h2-9,12H,10-11H2,1H3,(H2,23,29)(H2,24,30,31). The van der Waals surface area contributed by atoms with Crippen molar-refractivity contribution in [3.05, 3.63) is 77.2 Å². The van der Waals surface area contributed by atoms with E-state index in [1.54, 1.807) is 23.0 Å². The van der Waals surface area contributed by atoms with Crippen LogP contribution in [0.5, 0.6) is 0 Å². The minimum Gasteiger partial charge on any atom is -0.364 e. The highest BCUT2D eigenvalue weighted by atomic mass is 32.2. The lowest BCUT2D eigenvalue weighted by Crippen LogP contribution is -2.16. The van der Waals surface area contributed by atoms with Crippen molar-refractivity contribution in [3.63, 3.8) is 0 Å². The number of carbonyl (C=O) groups is 1. The van der Waals surface area contributed by atoms with E-state index in [0.29, 0.717) is 18.5 Å². The van der Waals surface area contributed by atoms with Crippen LogP contribution >= 0.6 is 0 Å². The highest BCUT2D eigenvalue weighted by Crippen LogP contribution is 2.37. The van der Waals surface area contributed by atoms with Gasteiger partial charge in [0.05, 0.1) is 33.9 Å². The summed E-state index contributed by atoms with van der Waals surface area (Å²) in [7, 11) is -3.82. The summed E-state index contributed by atoms with van der Waals surface area (Å²) in [5, 5.41) is 14.3. The Balaban J connectivity index is 1.69. The number of hydrogen-bond donors (Lipinski definition) is 2. The molecule has 0 unspecified atom stereocenters. The minimum absolute atomic E-state index is 0.00900. The predicted molar refractivity (Wildman–Crippen MR) is 118 cm³/mol. The number of primary amides is 1. The van der Waals surface area contributed by atoms with E-state index in [4.69, 9.17) is 10.9 Å². The molecule has 0 spiro atoms. The topological polar surface area (TPSA) is 139 Å². The zero-order chi connectivity index (χ0) is 22.6. The van der Waals surface area contributed by atoms with Crippen LogP contribution in [0, 0.1) is 6.92 Å². The molecule has 0 saturated heterocycles. The first-order valence-corrected chi connectivity index (χ1v) is 11.5. The molecule has 1 amide bonds. The highest BCUT2D eigenvalue weighted by molar-refractivity contribution is 7.89. The lowest BCUT2D eigenvalue weighted by Gasteiger charge is -2.17. The lowest BCUT2D eigenvalue weighted by molar-refractivity contribution is 0.0994. The fraction of sp³-hybridized carbons (Fsp3) is 0.136. The summed E-state index contributed by atoms with van der Waals surface area (Å²) in [6, 6.07) is 14.1. The molecule has 2 aromatic heterocycles. The van der Waals surface area contributed by atoms with Gasteiger partial charge in [0.25, 0.3) is 5.91 Å². The van der Waals surface area contributed by atoms with Crippen LogP contribution in [0.2, 0.25) is 0 Å². The van der Waals surface area contributed by atoms with Gasteiger partial charge < -0.3 is 5.73 Å². The Hall–Kier alpha value is -3.76. The SMILES string of the molecule is Cc1ccc(-n2ncc3c2CCc2c(C(N)=O)nn(-c4ccc(S(N)(=O)=O)cc4)c2-3)cc1. The number of amides is 1. The van der Waals surface area contributed by atoms with Crippen LogP contribution in [0.3, 0.4) is 0 Å². The summed E-state index contributed by atoms with van der Waals surface area (Å²) < 4.78 is 26.7. The van der Waals surface area contributed by atoms with Crippen LogP contribution in [0.4, 0.5) is 0 Å². The summed E-state index contributed by atoms with van der Waals surface area (Å²) >= 11 is 0. The largest absolute Gasteiger partial charge is 0.364 e. The molecule has 2 heterocycles. The molecule has 2 aromatic carbocycles. The Labute approximate surface area is 184 Å². The highest BCUT2D eigenvalue weighted by Gasteiger charge is 2.30. The van der Waals surface area contributed by atoms with Gasteiger partial charge in [-0.05, 0) is 56.2 Å². The number of primary sulfonamides is 1. The molecule has 162 valence electrons. The van der Waals surface area contributed by atoms with Crippen molar-refractivity contribution in [1.82, 2.24) is 19.6 Å². The second kappa shape index (κ2) is 7.14. The summed E-state index contributed by atoms with van der Waals surface area (Å²) in [4.78, 5) is 12.1. The van der Waals surface area contributed by atoms with Crippen LogP contribution in [-0.4, -0.2) is 33.9 Å². The van der Waals surface area contributed by atoms with Crippen LogP contribution < -0.4 is 10.9 Å². The maximum absolute atomic E-state index is 12.1. The van der Waals surface area contributed by atoms with Gasteiger partial charge in [0.15, 0.2) is 5.69 Å². The molecule has 5 rings (SSSR count). The van der Waals surface area contributed by atoms with Gasteiger partial charge in [0, 0.05) is 11.1 Å². The van der Waals surface area contributed by atoms with E-state index in [1.807, 2.05) is 35.9 Å². The number of nitrogens with two attached hydrogens (primary N) is 2. The number of carbonyl (C=O) groups excluding carboxylic acids is 1. The average molecular weight is 449 g/mol. The van der Waals surface area contributed by atoms with E-state index in [9.17, 15) is 13.2 Å². The smallest absolute Gasteiger partial charge is 0.269 e. The molecule has 0 bridgehead atoms. The van der Waals surface area contributed by atoms with Crippen LogP contribution in [0.1, 0.15) is 27.3 Å². The van der Waals surface area contributed by atoms with Gasteiger partial charge >= 0.3 is 0 Å². The fourth-order valence-electron chi connectivity index (χ4n) is 4.09. The van der Waals surface area contributed by atoms with E-state index >= 15 is 0 Å². The normalized spacial score (nSPS) is 12.9. The molecule has 1 aliphatic carbocycles. The molecule has 0 radical (unpaired) electrons. The van der Waals surface area contributed by atoms with E-state index in [-0.39, 0.29) is 10.6 Å². The van der Waals surface area contributed by atoms with E-state index in [2.05, 4.69) is 10.2 Å². The number of sulfonamides is 1. The molecule has 0 fully saturated rings. The molecule has 9 nitrogen and oxygen atoms in total. The Bertz CT molecular complexity index is 1470. The van der Waals surface area contributed by atoms with E-state index < -0.39 is 15.9 Å². The van der Waals surface area contributed by atoms with Gasteiger partial charge in [0.1, 0.15) is 0 Å². The molecular weight excluding hydrogens is 428 g/mol. The molecule has 4 aromatic rings. The van der Waals surface area contributed by atoms with Crippen LogP contribution in [0.15, 0.2) is 59.6 Å². The van der Waals surface area contributed by atoms with E-state index in [1.165, 1.54) is 12.1 Å². The maximum atomic E-state index is 12.1. The number of fused-ring (bicyclic) bond motifs is 3. The lowest BCUT2D eigenvalue weighted by atomic mass is 9.93. The fourth-order valence-corrected chi connectivity index (χ4v) is 4.61. The van der Waals surface area contributed by atoms with Gasteiger partial charge in [0.2, 0.25) is 10.0 Å². The molecular formula is C22H20N6O3S. The minimum atomic E-state index is -3.82. The van der Waals surface area contributed by atoms with Gasteiger partial charge in [-0.1, -0.05) is 17.7 Å². The van der Waals surface area contributed by atoms with Crippen molar-refractivity contribution in [2.75, 3.05) is 0 Å². The third-order valence-corrected chi connectivity index (χ3v) is 6.57. The Morgan fingerprint density at radius 3 is 2.22 bits per heavy atom. The predicted octanol–water partition coefficient (Wildman–Crippen LogP) is 1.88. The summed E-state index contributed by atoms with van der Waals surface area (Å²) in [5.74, 6) is -0.615. The summed E-state index contributed by atoms with van der Waals surface area (Å²) in [6.45, 7) is 2.03. The molecule has 1 aliphatic rings. The zero-order valence-corrected chi connectivity index (χ0v) is 18.0. The van der Waals surface area contributed by atoms with Crippen molar-refractivity contribution in [2.24, 2.45) is 10.9 Å². The second-order valence-electron chi connectivity index (χ2n) is 7.74. The van der Waals surface area contributed by atoms with E-state index in [0.717, 1.165) is 33.8 Å². The van der Waals surface area contributed by atoms with Gasteiger partial charge in [-0.25, -0.2) is 22.9 Å². The van der Waals surface area contributed by atoms with Crippen molar-refractivity contribution in [3.8, 4) is 22.6 Å². The third-order valence-electron chi connectivity index (χ3n) is 5.64. The molecule has 10 heteroatoms. The first-order chi connectivity index (χ1) is 15.2. The number of rotatable bonds is 4. The van der Waals surface area contributed by atoms with Gasteiger partial charge in [-0.2, -0.15) is 10.2 Å².